The molecule has 0 aliphatic rings. The number of hydrogen-bond acceptors (Lipinski definition) is 1. The molecule has 0 fully saturated rings. The summed E-state index contributed by atoms with van der Waals surface area (Å²) in [4.78, 5) is 4.49. The smallest absolute Gasteiger partial charge is 0.132 e. The summed E-state index contributed by atoms with van der Waals surface area (Å²) in [5.74, 6) is 0.154. The lowest BCUT2D eigenvalue weighted by Gasteiger charge is -2.12. The maximum Gasteiger partial charge on any atom is 0.132 e. The fourth-order valence-corrected chi connectivity index (χ4v) is 2.92. The van der Waals surface area contributed by atoms with Crippen molar-refractivity contribution in [3.8, 4) is 5.69 Å². The van der Waals surface area contributed by atoms with Gasteiger partial charge in [-0.2, -0.15) is 0 Å². The number of alkyl halides is 1. The molecule has 3 aromatic rings. The van der Waals surface area contributed by atoms with Crippen molar-refractivity contribution in [3.63, 3.8) is 0 Å². The van der Waals surface area contributed by atoms with E-state index >= 15 is 0 Å². The van der Waals surface area contributed by atoms with E-state index in [9.17, 15) is 4.39 Å². The van der Waals surface area contributed by atoms with Crippen LogP contribution in [0.5, 0.6) is 0 Å². The molecule has 108 valence electrons. The summed E-state index contributed by atoms with van der Waals surface area (Å²) in [6.45, 7) is 1.80. The molecule has 0 aliphatic carbocycles. The lowest BCUT2D eigenvalue weighted by molar-refractivity contribution is 0.626. The van der Waals surface area contributed by atoms with Crippen molar-refractivity contribution >= 4 is 45.8 Å². The van der Waals surface area contributed by atoms with E-state index in [2.05, 4.69) is 4.98 Å². The van der Waals surface area contributed by atoms with Crippen molar-refractivity contribution in [2.24, 2.45) is 0 Å². The van der Waals surface area contributed by atoms with Gasteiger partial charge in [0.05, 0.1) is 27.1 Å². The van der Waals surface area contributed by atoms with E-state index < -0.39 is 5.82 Å². The van der Waals surface area contributed by atoms with Crippen LogP contribution in [0.2, 0.25) is 10.0 Å². The minimum Gasteiger partial charge on any atom is -0.293 e. The number of nitrogens with zero attached hydrogens (tertiary/aromatic N) is 2. The van der Waals surface area contributed by atoms with Gasteiger partial charge in [0.1, 0.15) is 11.6 Å². The van der Waals surface area contributed by atoms with Crippen molar-refractivity contribution in [1.82, 2.24) is 9.55 Å². The highest BCUT2D eigenvalue weighted by Gasteiger charge is 2.19. The molecule has 0 N–H and O–H groups in total. The van der Waals surface area contributed by atoms with Gasteiger partial charge in [0, 0.05) is 5.02 Å². The molecule has 0 bridgehead atoms. The third-order valence-electron chi connectivity index (χ3n) is 3.11. The third kappa shape index (κ3) is 2.61. The lowest BCUT2D eigenvalue weighted by atomic mass is 10.2. The van der Waals surface area contributed by atoms with Crippen LogP contribution < -0.4 is 0 Å². The first-order valence-electron chi connectivity index (χ1n) is 6.25. The molecule has 0 saturated heterocycles. The van der Waals surface area contributed by atoms with Crippen molar-refractivity contribution in [2.75, 3.05) is 0 Å². The molecule has 1 heterocycles. The van der Waals surface area contributed by atoms with Crippen molar-refractivity contribution in [2.45, 2.75) is 12.3 Å². The summed E-state index contributed by atoms with van der Waals surface area (Å²) in [6, 6.07) is 9.67. The Balaban J connectivity index is 2.41. The van der Waals surface area contributed by atoms with Gasteiger partial charge in [0.15, 0.2) is 0 Å². The Morgan fingerprint density at radius 3 is 2.62 bits per heavy atom. The molecule has 0 spiro atoms. The number of hydrogen-bond donors (Lipinski definition) is 0. The number of aromatic nitrogens is 2. The fourth-order valence-electron chi connectivity index (χ4n) is 2.30. The van der Waals surface area contributed by atoms with Gasteiger partial charge < -0.3 is 0 Å². The van der Waals surface area contributed by atoms with Gasteiger partial charge in [-0.3, -0.25) is 4.57 Å². The molecular formula is C15H10Cl3FN2. The zero-order valence-corrected chi connectivity index (χ0v) is 13.2. The molecular weight excluding hydrogens is 334 g/mol. The molecule has 1 unspecified atom stereocenters. The van der Waals surface area contributed by atoms with E-state index in [1.807, 2.05) is 12.1 Å². The molecule has 3 rings (SSSR count). The average molecular weight is 344 g/mol. The van der Waals surface area contributed by atoms with Crippen molar-refractivity contribution in [3.05, 3.63) is 58.1 Å². The Morgan fingerprint density at radius 2 is 1.95 bits per heavy atom. The highest BCUT2D eigenvalue weighted by Crippen LogP contribution is 2.33. The van der Waals surface area contributed by atoms with E-state index in [4.69, 9.17) is 34.8 Å². The van der Waals surface area contributed by atoms with Gasteiger partial charge in [-0.1, -0.05) is 29.3 Å². The summed E-state index contributed by atoms with van der Waals surface area (Å²) in [5, 5.41) is 0.450. The summed E-state index contributed by atoms with van der Waals surface area (Å²) < 4.78 is 15.4. The Kier molecular flexibility index (Phi) is 3.82. The van der Waals surface area contributed by atoms with Crippen LogP contribution in [-0.4, -0.2) is 9.55 Å². The maximum absolute atomic E-state index is 13.7. The minimum atomic E-state index is -0.431. The Hall–Kier alpha value is -1.29. The highest BCUT2D eigenvalue weighted by molar-refractivity contribution is 6.35. The van der Waals surface area contributed by atoms with Crippen LogP contribution in [0.15, 0.2) is 36.4 Å². The molecule has 2 nitrogen and oxygen atoms in total. The van der Waals surface area contributed by atoms with Crippen LogP contribution in [0.1, 0.15) is 18.1 Å². The van der Waals surface area contributed by atoms with Crippen molar-refractivity contribution < 1.29 is 4.39 Å². The number of imidazole rings is 1. The molecule has 1 aromatic heterocycles. The summed E-state index contributed by atoms with van der Waals surface area (Å²) in [6.07, 6.45) is 0. The van der Waals surface area contributed by atoms with E-state index in [-0.39, 0.29) is 5.38 Å². The van der Waals surface area contributed by atoms with Crippen LogP contribution in [0, 0.1) is 5.82 Å². The van der Waals surface area contributed by atoms with E-state index in [1.165, 1.54) is 12.1 Å². The number of fused-ring (bicyclic) bond motifs is 1. The average Bonchev–Trinajstić information content (AvgIpc) is 2.78. The second kappa shape index (κ2) is 5.48. The standard InChI is InChI=1S/C15H10Cl3FN2/c1-8(16)15-20-13-4-2-3-12(18)14(13)21(15)11-6-9(17)5-10(19)7-11/h2-8H,1H3. The second-order valence-electron chi connectivity index (χ2n) is 4.66. The molecule has 21 heavy (non-hydrogen) atoms. The van der Waals surface area contributed by atoms with E-state index in [0.29, 0.717) is 32.6 Å². The number of para-hydroxylation sites is 1. The van der Waals surface area contributed by atoms with Gasteiger partial charge in [-0.25, -0.2) is 9.37 Å². The predicted octanol–water partition coefficient (Wildman–Crippen LogP) is 5.77. The zero-order chi connectivity index (χ0) is 15.1. The predicted molar refractivity (Wildman–Crippen MR) is 85.3 cm³/mol. The Bertz CT molecular complexity index is 807. The molecule has 0 saturated carbocycles. The topological polar surface area (TPSA) is 17.8 Å². The summed E-state index contributed by atoms with van der Waals surface area (Å²) in [7, 11) is 0. The summed E-state index contributed by atoms with van der Waals surface area (Å²) >= 11 is 18.4. The molecule has 0 amide bonds. The second-order valence-corrected chi connectivity index (χ2v) is 6.15. The first-order valence-corrected chi connectivity index (χ1v) is 7.44. The third-order valence-corrected chi connectivity index (χ3v) is 3.83. The van der Waals surface area contributed by atoms with Crippen molar-refractivity contribution in [1.29, 1.82) is 0 Å². The fraction of sp³-hybridized carbons (Fsp3) is 0.133. The van der Waals surface area contributed by atoms with Gasteiger partial charge in [0.25, 0.3) is 0 Å². The van der Waals surface area contributed by atoms with Crippen LogP contribution >= 0.6 is 34.8 Å². The molecule has 2 aromatic carbocycles. The van der Waals surface area contributed by atoms with Gasteiger partial charge >= 0.3 is 0 Å². The Morgan fingerprint density at radius 1 is 1.19 bits per heavy atom. The van der Waals surface area contributed by atoms with E-state index in [0.717, 1.165) is 0 Å². The quantitative estimate of drug-likeness (QED) is 0.540. The maximum atomic E-state index is 13.7. The monoisotopic (exact) mass is 342 g/mol. The van der Waals surface area contributed by atoms with Crippen LogP contribution in [0.4, 0.5) is 4.39 Å². The summed E-state index contributed by atoms with van der Waals surface area (Å²) in [5.41, 5.74) is 1.92. The molecule has 1 atom stereocenters. The van der Waals surface area contributed by atoms with Gasteiger partial charge in [0.2, 0.25) is 0 Å². The highest BCUT2D eigenvalue weighted by atomic mass is 35.5. The Labute approximate surface area is 136 Å². The zero-order valence-electron chi connectivity index (χ0n) is 10.9. The van der Waals surface area contributed by atoms with Crippen LogP contribution in [-0.2, 0) is 0 Å². The van der Waals surface area contributed by atoms with Gasteiger partial charge in [-0.15, -0.1) is 11.6 Å². The first kappa shape index (κ1) is 14.6. The van der Waals surface area contributed by atoms with Crippen LogP contribution in [0.25, 0.3) is 16.7 Å². The molecule has 6 heteroatoms. The first-order chi connectivity index (χ1) is 9.97. The number of benzene rings is 2. The largest absolute Gasteiger partial charge is 0.293 e. The number of rotatable bonds is 2. The lowest BCUT2D eigenvalue weighted by Crippen LogP contribution is -2.02. The minimum absolute atomic E-state index is 0.298. The number of halogens is 4. The molecule has 0 aliphatic heterocycles. The van der Waals surface area contributed by atoms with Crippen LogP contribution in [0.3, 0.4) is 0 Å². The normalized spacial score (nSPS) is 12.8. The van der Waals surface area contributed by atoms with Gasteiger partial charge in [-0.05, 0) is 37.3 Å². The molecule has 0 radical (unpaired) electrons. The van der Waals surface area contributed by atoms with E-state index in [1.54, 1.807) is 23.6 Å². The SMILES string of the molecule is CC(Cl)c1nc2cccc(Cl)c2n1-c1cc(F)cc(Cl)c1.